The fraction of sp³-hybridized carbons (Fsp3) is 0.647. The first kappa shape index (κ1) is 13.9. The third-order valence-corrected chi connectivity index (χ3v) is 4.95. The molecule has 1 aromatic rings. The Balaban J connectivity index is 1.86. The highest BCUT2D eigenvalue weighted by atomic mass is 19.1. The Bertz CT molecular complexity index is 458. The summed E-state index contributed by atoms with van der Waals surface area (Å²) in [5.41, 5.74) is 7.71. The zero-order chi connectivity index (χ0) is 13.9. The molecule has 0 spiro atoms. The van der Waals surface area contributed by atoms with Crippen molar-refractivity contribution in [1.29, 1.82) is 0 Å². The van der Waals surface area contributed by atoms with E-state index in [4.69, 9.17) is 5.73 Å². The van der Waals surface area contributed by atoms with Gasteiger partial charge in [0.25, 0.3) is 0 Å². The van der Waals surface area contributed by atoms with Crippen molar-refractivity contribution in [3.05, 3.63) is 29.6 Å². The minimum atomic E-state index is -0.121. The van der Waals surface area contributed by atoms with Gasteiger partial charge in [-0.2, -0.15) is 0 Å². The Labute approximate surface area is 121 Å². The van der Waals surface area contributed by atoms with Gasteiger partial charge < -0.3 is 10.6 Å². The molecule has 0 bridgehead atoms. The van der Waals surface area contributed by atoms with Crippen LogP contribution in [0.3, 0.4) is 0 Å². The minimum absolute atomic E-state index is 0.121. The second-order valence-corrected chi connectivity index (χ2v) is 6.30. The first-order chi connectivity index (χ1) is 9.78. The van der Waals surface area contributed by atoms with E-state index in [2.05, 4.69) is 11.0 Å². The Hall–Kier alpha value is -1.09. The lowest BCUT2D eigenvalue weighted by Crippen LogP contribution is -2.47. The Morgan fingerprint density at radius 2 is 1.90 bits per heavy atom. The van der Waals surface area contributed by atoms with Gasteiger partial charge in [-0.1, -0.05) is 12.8 Å². The molecule has 3 heteroatoms. The average Bonchev–Trinajstić information content (AvgIpc) is 2.46. The molecular weight excluding hydrogens is 251 g/mol. The molecular formula is C17H25FN2. The largest absolute Gasteiger partial charge is 0.368 e. The van der Waals surface area contributed by atoms with E-state index in [-0.39, 0.29) is 5.82 Å². The second-order valence-electron chi connectivity index (χ2n) is 6.30. The maximum atomic E-state index is 13.9. The van der Waals surface area contributed by atoms with Crippen molar-refractivity contribution < 1.29 is 4.39 Å². The third-order valence-electron chi connectivity index (χ3n) is 4.95. The number of anilines is 1. The molecule has 1 saturated heterocycles. The van der Waals surface area contributed by atoms with E-state index < -0.39 is 0 Å². The maximum absolute atomic E-state index is 13.9. The average molecular weight is 276 g/mol. The topological polar surface area (TPSA) is 29.3 Å². The Kier molecular flexibility index (Phi) is 4.25. The standard InChI is InChI=1S/C17H25FN2/c18-15-10-13(7-8-19)11-16(12-15)20-9-3-5-14-4-1-2-6-17(14)20/h10-12,14,17H,1-9,19H2/t14-,17-/m1/s1. The van der Waals surface area contributed by atoms with Gasteiger partial charge >= 0.3 is 0 Å². The van der Waals surface area contributed by atoms with Gasteiger partial charge in [0, 0.05) is 18.3 Å². The number of rotatable bonds is 3. The first-order valence-electron chi connectivity index (χ1n) is 8.04. The highest BCUT2D eigenvalue weighted by Gasteiger charge is 2.33. The number of halogens is 1. The number of nitrogens with zero attached hydrogens (tertiary/aromatic N) is 1. The number of fused-ring (bicyclic) bond motifs is 1. The molecule has 0 aromatic heterocycles. The van der Waals surface area contributed by atoms with Crippen LogP contribution in [-0.4, -0.2) is 19.1 Å². The predicted octanol–water partition coefficient (Wildman–Crippen LogP) is 3.49. The van der Waals surface area contributed by atoms with Crippen LogP contribution in [0, 0.1) is 11.7 Å². The van der Waals surface area contributed by atoms with E-state index in [1.165, 1.54) is 38.5 Å². The van der Waals surface area contributed by atoms with E-state index in [0.29, 0.717) is 12.6 Å². The van der Waals surface area contributed by atoms with E-state index in [1.54, 1.807) is 12.1 Å². The lowest BCUT2D eigenvalue weighted by atomic mass is 9.78. The molecule has 3 rings (SSSR count). The molecule has 2 N–H and O–H groups in total. The molecule has 1 aliphatic heterocycles. The van der Waals surface area contributed by atoms with Crippen LogP contribution in [0.15, 0.2) is 18.2 Å². The van der Waals surface area contributed by atoms with Gasteiger partial charge in [-0.15, -0.1) is 0 Å². The summed E-state index contributed by atoms with van der Waals surface area (Å²) in [6, 6.07) is 6.10. The van der Waals surface area contributed by atoms with Crippen LogP contribution in [-0.2, 0) is 6.42 Å². The summed E-state index contributed by atoms with van der Waals surface area (Å²) in [7, 11) is 0. The molecule has 1 aromatic carbocycles. The van der Waals surface area contributed by atoms with Gasteiger partial charge in [0.15, 0.2) is 0 Å². The first-order valence-corrected chi connectivity index (χ1v) is 8.04. The fourth-order valence-electron chi connectivity index (χ4n) is 4.06. The van der Waals surface area contributed by atoms with Crippen LogP contribution < -0.4 is 10.6 Å². The summed E-state index contributed by atoms with van der Waals surface area (Å²) >= 11 is 0. The van der Waals surface area contributed by atoms with Gasteiger partial charge in [0.05, 0.1) is 0 Å². The van der Waals surface area contributed by atoms with Gasteiger partial charge in [-0.05, 0) is 68.3 Å². The van der Waals surface area contributed by atoms with E-state index in [1.807, 2.05) is 0 Å². The third kappa shape index (κ3) is 2.83. The molecule has 2 nitrogen and oxygen atoms in total. The van der Waals surface area contributed by atoms with Gasteiger partial charge in [-0.3, -0.25) is 0 Å². The molecule has 1 aliphatic carbocycles. The van der Waals surface area contributed by atoms with Crippen molar-refractivity contribution in [1.82, 2.24) is 0 Å². The Morgan fingerprint density at radius 3 is 2.75 bits per heavy atom. The molecule has 2 aliphatic rings. The van der Waals surface area contributed by atoms with Crippen molar-refractivity contribution >= 4 is 5.69 Å². The number of benzene rings is 1. The van der Waals surface area contributed by atoms with Crippen LogP contribution in [0.1, 0.15) is 44.1 Å². The zero-order valence-electron chi connectivity index (χ0n) is 12.2. The number of hydrogen-bond acceptors (Lipinski definition) is 2. The molecule has 0 unspecified atom stereocenters. The molecule has 2 atom stereocenters. The molecule has 0 radical (unpaired) electrons. The molecule has 20 heavy (non-hydrogen) atoms. The van der Waals surface area contributed by atoms with Crippen LogP contribution in [0.4, 0.5) is 10.1 Å². The lowest BCUT2D eigenvalue weighted by molar-refractivity contribution is 0.243. The van der Waals surface area contributed by atoms with Crippen molar-refractivity contribution in [3.63, 3.8) is 0 Å². The highest BCUT2D eigenvalue weighted by Crippen LogP contribution is 2.38. The monoisotopic (exact) mass is 276 g/mol. The maximum Gasteiger partial charge on any atom is 0.125 e. The second kappa shape index (κ2) is 6.13. The number of piperidine rings is 1. The lowest BCUT2D eigenvalue weighted by Gasteiger charge is -2.45. The minimum Gasteiger partial charge on any atom is -0.368 e. The van der Waals surface area contributed by atoms with Crippen LogP contribution >= 0.6 is 0 Å². The van der Waals surface area contributed by atoms with Crippen LogP contribution in [0.2, 0.25) is 0 Å². The van der Waals surface area contributed by atoms with Gasteiger partial charge in [0.1, 0.15) is 5.82 Å². The molecule has 2 fully saturated rings. The van der Waals surface area contributed by atoms with Crippen molar-refractivity contribution in [2.45, 2.75) is 51.0 Å². The summed E-state index contributed by atoms with van der Waals surface area (Å²) in [6.45, 7) is 1.65. The normalized spacial score (nSPS) is 26.4. The molecule has 1 saturated carbocycles. The van der Waals surface area contributed by atoms with Crippen molar-refractivity contribution in [2.24, 2.45) is 11.7 Å². The summed E-state index contributed by atoms with van der Waals surface area (Å²) < 4.78 is 13.9. The molecule has 0 amide bonds. The van der Waals surface area contributed by atoms with Crippen LogP contribution in [0.5, 0.6) is 0 Å². The number of hydrogen-bond donors (Lipinski definition) is 1. The smallest absolute Gasteiger partial charge is 0.125 e. The van der Waals surface area contributed by atoms with E-state index in [9.17, 15) is 4.39 Å². The van der Waals surface area contributed by atoms with Gasteiger partial charge in [0.2, 0.25) is 0 Å². The van der Waals surface area contributed by atoms with Crippen molar-refractivity contribution in [3.8, 4) is 0 Å². The summed E-state index contributed by atoms with van der Waals surface area (Å²) in [4.78, 5) is 2.47. The predicted molar refractivity (Wildman–Crippen MR) is 81.5 cm³/mol. The fourth-order valence-corrected chi connectivity index (χ4v) is 4.06. The van der Waals surface area contributed by atoms with Gasteiger partial charge in [-0.25, -0.2) is 4.39 Å². The van der Waals surface area contributed by atoms with Crippen LogP contribution in [0.25, 0.3) is 0 Å². The summed E-state index contributed by atoms with van der Waals surface area (Å²) in [5.74, 6) is 0.697. The van der Waals surface area contributed by atoms with E-state index in [0.717, 1.165) is 30.1 Å². The van der Waals surface area contributed by atoms with Crippen molar-refractivity contribution in [2.75, 3.05) is 18.0 Å². The SMILES string of the molecule is NCCc1cc(F)cc(N2CCC[C@H]3CCCC[C@H]32)c1. The zero-order valence-corrected chi connectivity index (χ0v) is 12.2. The number of nitrogens with two attached hydrogens (primary N) is 1. The highest BCUT2D eigenvalue weighted by molar-refractivity contribution is 5.51. The molecule has 110 valence electrons. The molecule has 1 heterocycles. The summed E-state index contributed by atoms with van der Waals surface area (Å²) in [6.07, 6.45) is 8.67. The summed E-state index contributed by atoms with van der Waals surface area (Å²) in [5, 5.41) is 0. The Morgan fingerprint density at radius 1 is 1.10 bits per heavy atom. The van der Waals surface area contributed by atoms with E-state index >= 15 is 0 Å². The quantitative estimate of drug-likeness (QED) is 0.915.